The van der Waals surface area contributed by atoms with Gasteiger partial charge in [-0.1, -0.05) is 29.4 Å². The number of thioether (sulfide) groups is 1. The molecule has 0 saturated heterocycles. The molecule has 152 valence electrons. The van der Waals surface area contributed by atoms with Gasteiger partial charge in [0.2, 0.25) is 5.91 Å². The van der Waals surface area contributed by atoms with Gasteiger partial charge in [-0.25, -0.2) is 0 Å². The van der Waals surface area contributed by atoms with Gasteiger partial charge >= 0.3 is 0 Å². The SMILES string of the molecule is O=C(CSc1nnc(-c2ccncc2)n1-c1ccc(Cl)cc1)NCCc1cccs1. The number of halogens is 1. The smallest absolute Gasteiger partial charge is 0.230 e. The van der Waals surface area contributed by atoms with Gasteiger partial charge in [0, 0.05) is 40.1 Å². The first-order valence-corrected chi connectivity index (χ1v) is 11.5. The van der Waals surface area contributed by atoms with E-state index in [2.05, 4.69) is 26.6 Å². The maximum atomic E-state index is 12.3. The number of pyridine rings is 1. The van der Waals surface area contributed by atoms with E-state index < -0.39 is 0 Å². The molecule has 0 aliphatic rings. The highest BCUT2D eigenvalue weighted by atomic mass is 35.5. The van der Waals surface area contributed by atoms with Crippen molar-refractivity contribution in [1.29, 1.82) is 0 Å². The summed E-state index contributed by atoms with van der Waals surface area (Å²) in [6, 6.07) is 15.3. The lowest BCUT2D eigenvalue weighted by Gasteiger charge is -2.10. The molecule has 1 aromatic carbocycles. The van der Waals surface area contributed by atoms with E-state index in [0.29, 0.717) is 22.5 Å². The molecule has 0 radical (unpaired) electrons. The second-order valence-corrected chi connectivity index (χ2v) is 8.73. The third-order valence-corrected chi connectivity index (χ3v) is 6.38. The van der Waals surface area contributed by atoms with Crippen LogP contribution in [-0.4, -0.2) is 38.0 Å². The van der Waals surface area contributed by atoms with Crippen LogP contribution in [0.25, 0.3) is 17.1 Å². The summed E-state index contributed by atoms with van der Waals surface area (Å²) in [7, 11) is 0. The second-order valence-electron chi connectivity index (χ2n) is 6.32. The highest BCUT2D eigenvalue weighted by Crippen LogP contribution is 2.28. The highest BCUT2D eigenvalue weighted by Gasteiger charge is 2.17. The number of thiophene rings is 1. The summed E-state index contributed by atoms with van der Waals surface area (Å²) in [6.45, 7) is 0.617. The molecule has 0 fully saturated rings. The van der Waals surface area contributed by atoms with E-state index in [-0.39, 0.29) is 11.7 Å². The van der Waals surface area contributed by atoms with Gasteiger partial charge in [-0.3, -0.25) is 14.3 Å². The minimum atomic E-state index is -0.0346. The van der Waals surface area contributed by atoms with Crippen LogP contribution in [0, 0.1) is 0 Å². The first-order valence-electron chi connectivity index (χ1n) is 9.24. The molecule has 0 saturated carbocycles. The molecule has 4 aromatic rings. The van der Waals surface area contributed by atoms with Gasteiger partial charge in [0.1, 0.15) is 0 Å². The minimum Gasteiger partial charge on any atom is -0.355 e. The first kappa shape index (κ1) is 20.6. The Morgan fingerprint density at radius 1 is 1.10 bits per heavy atom. The Morgan fingerprint density at radius 2 is 1.90 bits per heavy atom. The Kier molecular flexibility index (Phi) is 6.78. The van der Waals surface area contributed by atoms with Crippen LogP contribution in [0.3, 0.4) is 0 Å². The topological polar surface area (TPSA) is 72.7 Å². The number of nitrogens with one attached hydrogen (secondary N) is 1. The second kappa shape index (κ2) is 9.88. The average Bonchev–Trinajstić information content (AvgIpc) is 3.43. The van der Waals surface area contributed by atoms with E-state index in [4.69, 9.17) is 11.6 Å². The predicted molar refractivity (Wildman–Crippen MR) is 121 cm³/mol. The normalized spacial score (nSPS) is 10.8. The van der Waals surface area contributed by atoms with Crippen molar-refractivity contribution in [3.05, 3.63) is 76.2 Å². The zero-order valence-electron chi connectivity index (χ0n) is 15.9. The van der Waals surface area contributed by atoms with Crippen LogP contribution in [0.2, 0.25) is 5.02 Å². The van der Waals surface area contributed by atoms with Crippen molar-refractivity contribution in [2.24, 2.45) is 0 Å². The molecule has 3 heterocycles. The zero-order chi connectivity index (χ0) is 20.8. The molecule has 0 spiro atoms. The van der Waals surface area contributed by atoms with Gasteiger partial charge < -0.3 is 5.32 Å². The molecule has 0 atom stereocenters. The van der Waals surface area contributed by atoms with E-state index in [1.165, 1.54) is 16.6 Å². The number of hydrogen-bond acceptors (Lipinski definition) is 6. The Labute approximate surface area is 187 Å². The van der Waals surface area contributed by atoms with Crippen molar-refractivity contribution >= 4 is 40.6 Å². The van der Waals surface area contributed by atoms with Crippen molar-refractivity contribution in [2.45, 2.75) is 11.6 Å². The third kappa shape index (κ3) is 5.08. The fourth-order valence-corrected chi connectivity index (χ4v) is 4.45. The number of nitrogens with zero attached hydrogens (tertiary/aromatic N) is 4. The summed E-state index contributed by atoms with van der Waals surface area (Å²) in [5.41, 5.74) is 1.76. The summed E-state index contributed by atoms with van der Waals surface area (Å²) < 4.78 is 1.93. The Bertz CT molecular complexity index is 1100. The molecule has 9 heteroatoms. The number of benzene rings is 1. The third-order valence-electron chi connectivity index (χ3n) is 4.26. The van der Waals surface area contributed by atoms with Crippen LogP contribution < -0.4 is 5.32 Å². The largest absolute Gasteiger partial charge is 0.355 e. The monoisotopic (exact) mass is 455 g/mol. The van der Waals surface area contributed by atoms with Crippen LogP contribution in [0.5, 0.6) is 0 Å². The standard InChI is InChI=1S/C21H18ClN5OS2/c22-16-3-5-17(6-4-16)27-20(15-7-10-23-11-8-15)25-26-21(27)30-14-19(28)24-12-9-18-2-1-13-29-18/h1-8,10-11,13H,9,12,14H2,(H,24,28). The summed E-state index contributed by atoms with van der Waals surface area (Å²) in [5.74, 6) is 0.903. The molecule has 4 rings (SSSR count). The number of carbonyl (C=O) groups excluding carboxylic acids is 1. The van der Waals surface area contributed by atoms with Crippen molar-refractivity contribution in [2.75, 3.05) is 12.3 Å². The number of amides is 1. The van der Waals surface area contributed by atoms with Crippen molar-refractivity contribution < 1.29 is 4.79 Å². The maximum absolute atomic E-state index is 12.3. The summed E-state index contributed by atoms with van der Waals surface area (Å²) >= 11 is 9.09. The lowest BCUT2D eigenvalue weighted by molar-refractivity contribution is -0.118. The van der Waals surface area contributed by atoms with Gasteiger partial charge in [-0.15, -0.1) is 21.5 Å². The molecule has 30 heavy (non-hydrogen) atoms. The number of aromatic nitrogens is 4. The van der Waals surface area contributed by atoms with Crippen LogP contribution in [0.1, 0.15) is 4.88 Å². The Hall–Kier alpha value is -2.68. The molecule has 6 nitrogen and oxygen atoms in total. The van der Waals surface area contributed by atoms with E-state index in [0.717, 1.165) is 17.7 Å². The zero-order valence-corrected chi connectivity index (χ0v) is 18.3. The molecule has 3 aromatic heterocycles. The van der Waals surface area contributed by atoms with Gasteiger partial charge in [0.15, 0.2) is 11.0 Å². The fourth-order valence-electron chi connectivity index (χ4n) is 2.84. The molecular weight excluding hydrogens is 438 g/mol. The summed E-state index contributed by atoms with van der Waals surface area (Å²) in [6.07, 6.45) is 4.26. The molecule has 0 aliphatic carbocycles. The van der Waals surface area contributed by atoms with E-state index >= 15 is 0 Å². The summed E-state index contributed by atoms with van der Waals surface area (Å²) in [5, 5.41) is 15.0. The number of carbonyl (C=O) groups is 1. The fraction of sp³-hybridized carbons (Fsp3) is 0.143. The van der Waals surface area contributed by atoms with E-state index in [1.807, 2.05) is 52.4 Å². The molecule has 0 unspecified atom stereocenters. The van der Waals surface area contributed by atoms with Crippen molar-refractivity contribution in [1.82, 2.24) is 25.1 Å². The quantitative estimate of drug-likeness (QED) is 0.396. The summed E-state index contributed by atoms with van der Waals surface area (Å²) in [4.78, 5) is 17.6. The minimum absolute atomic E-state index is 0.0346. The van der Waals surface area contributed by atoms with E-state index in [9.17, 15) is 4.79 Å². The van der Waals surface area contributed by atoms with Crippen LogP contribution in [0.4, 0.5) is 0 Å². The molecular formula is C21H18ClN5OS2. The van der Waals surface area contributed by atoms with Crippen molar-refractivity contribution in [3.8, 4) is 17.1 Å². The average molecular weight is 456 g/mol. The predicted octanol–water partition coefficient (Wildman–Crippen LogP) is 4.50. The number of hydrogen-bond donors (Lipinski definition) is 1. The highest BCUT2D eigenvalue weighted by molar-refractivity contribution is 7.99. The van der Waals surface area contributed by atoms with Crippen molar-refractivity contribution in [3.63, 3.8) is 0 Å². The lowest BCUT2D eigenvalue weighted by Crippen LogP contribution is -2.27. The van der Waals surface area contributed by atoms with Gasteiger partial charge in [0.05, 0.1) is 5.75 Å². The van der Waals surface area contributed by atoms with Crippen LogP contribution in [0.15, 0.2) is 71.5 Å². The van der Waals surface area contributed by atoms with Crippen LogP contribution >= 0.6 is 34.7 Å². The maximum Gasteiger partial charge on any atom is 0.230 e. The molecule has 1 amide bonds. The van der Waals surface area contributed by atoms with Gasteiger partial charge in [-0.05, 0) is 54.3 Å². The van der Waals surface area contributed by atoms with E-state index in [1.54, 1.807) is 23.7 Å². The van der Waals surface area contributed by atoms with Gasteiger partial charge in [0.25, 0.3) is 0 Å². The Morgan fingerprint density at radius 3 is 2.63 bits per heavy atom. The van der Waals surface area contributed by atoms with Crippen LogP contribution in [-0.2, 0) is 11.2 Å². The molecule has 0 aliphatic heterocycles. The number of rotatable bonds is 8. The first-order chi connectivity index (χ1) is 14.7. The molecule has 1 N–H and O–H groups in total. The molecule has 0 bridgehead atoms. The Balaban J connectivity index is 1.49. The van der Waals surface area contributed by atoms with Gasteiger partial charge in [-0.2, -0.15) is 0 Å². The lowest BCUT2D eigenvalue weighted by atomic mass is 10.2.